The first-order chi connectivity index (χ1) is 14.4. The first kappa shape index (κ1) is 32.4. The van der Waals surface area contributed by atoms with Gasteiger partial charge in [0.2, 0.25) is 0 Å². The molecule has 0 aromatic carbocycles. The van der Waals surface area contributed by atoms with Crippen LogP contribution >= 0.6 is 0 Å². The zero-order chi connectivity index (χ0) is 25.7. The van der Waals surface area contributed by atoms with E-state index in [-0.39, 0.29) is 18.0 Å². The summed E-state index contributed by atoms with van der Waals surface area (Å²) < 4.78 is 62.8. The van der Waals surface area contributed by atoms with Crippen LogP contribution in [0.1, 0.15) is 40.0 Å². The Bertz CT molecular complexity index is 788. The Morgan fingerprint density at radius 1 is 1.12 bits per heavy atom. The zero-order valence-electron chi connectivity index (χ0n) is 19.0. The molecule has 0 fully saturated rings. The van der Waals surface area contributed by atoms with E-state index in [1.54, 1.807) is 13.0 Å². The van der Waals surface area contributed by atoms with Crippen LogP contribution in [0, 0.1) is 0 Å². The van der Waals surface area contributed by atoms with Crippen LogP contribution in [0.4, 0.5) is 0 Å². The summed E-state index contributed by atoms with van der Waals surface area (Å²) in [6.45, 7) is 6.17. The number of esters is 1. The number of hydrogen-bond acceptors (Lipinski definition) is 9. The quantitative estimate of drug-likeness (QED) is 0.127. The smallest absolute Gasteiger partial charge is 0.333 e. The first-order valence-electron chi connectivity index (χ1n) is 9.65. The molecule has 3 atom stereocenters. The number of guanidine groups is 1. The number of rotatable bonds is 7. The minimum absolute atomic E-state index is 0.0492. The van der Waals surface area contributed by atoms with Gasteiger partial charge < -0.3 is 26.7 Å². The van der Waals surface area contributed by atoms with Gasteiger partial charge in [-0.1, -0.05) is 13.8 Å². The maximum atomic E-state index is 12.0. The summed E-state index contributed by atoms with van der Waals surface area (Å²) in [6.07, 6.45) is 4.94. The maximum absolute atomic E-state index is 12.0. The van der Waals surface area contributed by atoms with Gasteiger partial charge in [0, 0.05) is 12.0 Å². The zero-order valence-corrected chi connectivity index (χ0v) is 20.6. The summed E-state index contributed by atoms with van der Waals surface area (Å²) in [5.41, 5.74) is 17.7. The molecule has 0 saturated heterocycles. The Morgan fingerprint density at radius 3 is 1.91 bits per heavy atom. The third-order valence-electron chi connectivity index (χ3n) is 3.73. The molecule has 15 heteroatoms. The minimum Gasteiger partial charge on any atom is -0.463 e. The van der Waals surface area contributed by atoms with Crippen LogP contribution < -0.4 is 17.2 Å². The van der Waals surface area contributed by atoms with E-state index in [9.17, 15) is 21.6 Å². The van der Waals surface area contributed by atoms with E-state index in [0.717, 1.165) is 12.8 Å². The number of nitrogens with zero attached hydrogens (tertiary/aromatic N) is 1. The van der Waals surface area contributed by atoms with Crippen molar-refractivity contribution in [3.63, 3.8) is 0 Å². The Balaban J connectivity index is 0. The third kappa shape index (κ3) is 18.9. The van der Waals surface area contributed by atoms with Crippen LogP contribution in [0.3, 0.4) is 0 Å². The monoisotopic (exact) mass is 504 g/mol. The van der Waals surface area contributed by atoms with Gasteiger partial charge in [0.05, 0.1) is 43.4 Å². The number of carbonyl (C=O) groups is 1. The fraction of sp³-hybridized carbons (Fsp3) is 0.765. The average Bonchev–Trinajstić information content (AvgIpc) is 2.59. The molecule has 0 heterocycles. The number of hydrogen-bond donors (Lipinski definition) is 5. The second-order valence-electron chi connectivity index (χ2n) is 6.82. The lowest BCUT2D eigenvalue weighted by molar-refractivity contribution is -0.139. The van der Waals surface area contributed by atoms with E-state index < -0.39 is 38.4 Å². The van der Waals surface area contributed by atoms with Crippen molar-refractivity contribution in [2.75, 3.05) is 19.1 Å². The van der Waals surface area contributed by atoms with Crippen LogP contribution in [0.25, 0.3) is 0 Å². The highest BCUT2D eigenvalue weighted by Gasteiger charge is 2.35. The fourth-order valence-corrected chi connectivity index (χ4v) is 2.49. The SMILES string of the molecule is CCOC(=O)C1=CC(OC(CC)CC)C(N)C(N=C(N)N)C1.CS(=O)(=O)O.CS(=O)(=O)O. The van der Waals surface area contributed by atoms with Gasteiger partial charge >= 0.3 is 5.97 Å². The molecular weight excluding hydrogens is 468 g/mol. The molecule has 0 saturated carbocycles. The van der Waals surface area contributed by atoms with Gasteiger partial charge in [-0.15, -0.1) is 0 Å². The van der Waals surface area contributed by atoms with Gasteiger partial charge in [-0.2, -0.15) is 16.8 Å². The number of carbonyl (C=O) groups excluding carboxylic acids is 1. The van der Waals surface area contributed by atoms with Crippen molar-refractivity contribution in [2.45, 2.75) is 64.3 Å². The maximum Gasteiger partial charge on any atom is 0.333 e. The Labute approximate surface area is 189 Å². The average molecular weight is 505 g/mol. The van der Waals surface area contributed by atoms with Crippen molar-refractivity contribution in [2.24, 2.45) is 22.2 Å². The van der Waals surface area contributed by atoms with E-state index in [2.05, 4.69) is 4.99 Å². The molecule has 0 aromatic heterocycles. The predicted octanol–water partition coefficient (Wildman–Crippen LogP) is -0.569. The van der Waals surface area contributed by atoms with Crippen LogP contribution in [-0.4, -0.2) is 81.3 Å². The van der Waals surface area contributed by atoms with Gasteiger partial charge in [-0.05, 0) is 25.8 Å². The lowest BCUT2D eigenvalue weighted by Crippen LogP contribution is -2.50. The molecule has 8 N–H and O–H groups in total. The summed E-state index contributed by atoms with van der Waals surface area (Å²) in [7, 11) is -7.33. The lowest BCUT2D eigenvalue weighted by atomic mass is 9.88. The molecule has 0 spiro atoms. The Hall–Kier alpha value is -1.78. The van der Waals surface area contributed by atoms with Crippen LogP contribution in [-0.2, 0) is 34.5 Å². The second-order valence-corrected chi connectivity index (χ2v) is 9.75. The summed E-state index contributed by atoms with van der Waals surface area (Å²) in [5.74, 6) is -0.421. The first-order valence-corrected chi connectivity index (χ1v) is 13.3. The number of aliphatic imine (C=N–C) groups is 1. The van der Waals surface area contributed by atoms with Crippen molar-refractivity contribution >= 4 is 32.2 Å². The summed E-state index contributed by atoms with van der Waals surface area (Å²) >= 11 is 0. The van der Waals surface area contributed by atoms with Crippen LogP contribution in [0.15, 0.2) is 16.6 Å². The van der Waals surface area contributed by atoms with Crippen molar-refractivity contribution < 1.29 is 40.2 Å². The summed E-state index contributed by atoms with van der Waals surface area (Å²) in [4.78, 5) is 16.1. The summed E-state index contributed by atoms with van der Waals surface area (Å²) in [5, 5.41) is 0. The van der Waals surface area contributed by atoms with E-state index in [4.69, 9.17) is 35.8 Å². The largest absolute Gasteiger partial charge is 0.463 e. The van der Waals surface area contributed by atoms with E-state index in [1.165, 1.54) is 0 Å². The highest BCUT2D eigenvalue weighted by Crippen LogP contribution is 2.25. The predicted molar refractivity (Wildman–Crippen MR) is 121 cm³/mol. The van der Waals surface area contributed by atoms with Gasteiger partial charge in [0.25, 0.3) is 20.2 Å². The molecular formula is C17H36N4O9S2. The molecule has 1 aliphatic carbocycles. The lowest BCUT2D eigenvalue weighted by Gasteiger charge is -2.34. The molecule has 32 heavy (non-hydrogen) atoms. The molecule has 13 nitrogen and oxygen atoms in total. The fourth-order valence-electron chi connectivity index (χ4n) is 2.49. The summed E-state index contributed by atoms with van der Waals surface area (Å²) in [6, 6.07) is -0.797. The Kier molecular flexibility index (Phi) is 15.3. The van der Waals surface area contributed by atoms with E-state index in [0.29, 0.717) is 31.1 Å². The van der Waals surface area contributed by atoms with E-state index in [1.807, 2.05) is 13.8 Å². The van der Waals surface area contributed by atoms with Gasteiger partial charge in [0.1, 0.15) is 0 Å². The third-order valence-corrected chi connectivity index (χ3v) is 3.73. The molecule has 1 rings (SSSR count). The highest BCUT2D eigenvalue weighted by atomic mass is 32.2. The Morgan fingerprint density at radius 2 is 1.56 bits per heavy atom. The van der Waals surface area contributed by atoms with Crippen molar-refractivity contribution in [3.8, 4) is 0 Å². The molecule has 1 aliphatic rings. The van der Waals surface area contributed by atoms with Gasteiger partial charge in [0.15, 0.2) is 5.96 Å². The molecule has 0 bridgehead atoms. The normalized spacial score (nSPS) is 20.7. The standard InChI is InChI=1S/C15H28N4O3.2CH4O3S/c1-4-10(5-2)22-12-8-9(14(20)21-6-3)7-11(13(12)16)19-15(17)18;2*1-5(2,3)4/h8,10-13H,4-7,16H2,1-3H3,(H4,17,18,19);2*1H3,(H,2,3,4). The molecule has 0 aliphatic heterocycles. The second kappa shape index (κ2) is 15.1. The van der Waals surface area contributed by atoms with Crippen LogP contribution in [0.2, 0.25) is 0 Å². The molecule has 190 valence electrons. The molecule has 0 radical (unpaired) electrons. The van der Waals surface area contributed by atoms with Crippen LogP contribution in [0.5, 0.6) is 0 Å². The van der Waals surface area contributed by atoms with Gasteiger partial charge in [-0.25, -0.2) is 9.79 Å². The minimum atomic E-state index is -3.67. The highest BCUT2D eigenvalue weighted by molar-refractivity contribution is 7.85. The van der Waals surface area contributed by atoms with Crippen molar-refractivity contribution in [1.82, 2.24) is 0 Å². The molecule has 3 unspecified atom stereocenters. The van der Waals surface area contributed by atoms with E-state index >= 15 is 0 Å². The van der Waals surface area contributed by atoms with Crippen molar-refractivity contribution in [1.29, 1.82) is 0 Å². The number of nitrogens with two attached hydrogens (primary N) is 3. The molecule has 0 amide bonds. The number of ether oxygens (including phenoxy) is 2. The molecule has 0 aromatic rings. The topological polar surface area (TPSA) is 235 Å². The van der Waals surface area contributed by atoms with Crippen molar-refractivity contribution in [3.05, 3.63) is 11.6 Å². The van der Waals surface area contributed by atoms with Gasteiger partial charge in [-0.3, -0.25) is 9.11 Å².